The second kappa shape index (κ2) is 7.65. The highest BCUT2D eigenvalue weighted by Crippen LogP contribution is 2.27. The van der Waals surface area contributed by atoms with E-state index in [0.717, 1.165) is 29.7 Å². The van der Waals surface area contributed by atoms with Crippen molar-refractivity contribution >= 4 is 27.3 Å². The van der Waals surface area contributed by atoms with E-state index in [1.165, 1.54) is 10.4 Å². The zero-order valence-electron chi connectivity index (χ0n) is 13.7. The molecule has 1 aromatic heterocycles. The molecule has 2 heterocycles. The van der Waals surface area contributed by atoms with E-state index >= 15 is 0 Å². The Kier molecular flexibility index (Phi) is 5.53. The molecule has 1 aliphatic heterocycles. The zero-order chi connectivity index (χ0) is 17.9. The molecule has 8 heteroatoms. The Hall–Kier alpha value is -1.74. The van der Waals surface area contributed by atoms with Crippen LogP contribution in [0.3, 0.4) is 0 Å². The number of sulfonamides is 1. The van der Waals surface area contributed by atoms with E-state index in [1.54, 1.807) is 5.38 Å². The Balaban J connectivity index is 1.70. The van der Waals surface area contributed by atoms with Crippen LogP contribution in [0.25, 0.3) is 0 Å². The van der Waals surface area contributed by atoms with Crippen molar-refractivity contribution in [3.8, 4) is 0 Å². The van der Waals surface area contributed by atoms with Crippen molar-refractivity contribution in [2.75, 3.05) is 19.6 Å². The Morgan fingerprint density at radius 1 is 1.20 bits per heavy atom. The first-order chi connectivity index (χ1) is 12.0. The van der Waals surface area contributed by atoms with Gasteiger partial charge >= 0.3 is 0 Å². The van der Waals surface area contributed by atoms with Crippen LogP contribution in [0.4, 0.5) is 0 Å². The van der Waals surface area contributed by atoms with Crippen LogP contribution in [-0.4, -0.2) is 38.3 Å². The van der Waals surface area contributed by atoms with Crippen LogP contribution < -0.4 is 11.1 Å². The summed E-state index contributed by atoms with van der Waals surface area (Å²) >= 11 is 1.13. The van der Waals surface area contributed by atoms with Gasteiger partial charge in [-0.1, -0.05) is 30.3 Å². The molecule has 2 aromatic rings. The molecule has 1 amide bonds. The number of amides is 1. The van der Waals surface area contributed by atoms with Gasteiger partial charge in [0.1, 0.15) is 9.77 Å². The highest BCUT2D eigenvalue weighted by molar-refractivity contribution is 7.89. The molecule has 0 aliphatic carbocycles. The van der Waals surface area contributed by atoms with Gasteiger partial charge in [-0.3, -0.25) is 4.79 Å². The van der Waals surface area contributed by atoms with Gasteiger partial charge < -0.3 is 11.1 Å². The summed E-state index contributed by atoms with van der Waals surface area (Å²) in [5.41, 5.74) is 7.00. The van der Waals surface area contributed by atoms with Gasteiger partial charge in [0.2, 0.25) is 10.0 Å². The Morgan fingerprint density at radius 2 is 1.88 bits per heavy atom. The average molecular weight is 380 g/mol. The summed E-state index contributed by atoms with van der Waals surface area (Å²) in [6, 6.07) is 10.6. The van der Waals surface area contributed by atoms with Crippen LogP contribution in [0, 0.1) is 0 Å². The van der Waals surface area contributed by atoms with Gasteiger partial charge in [0.15, 0.2) is 0 Å². The first-order valence-corrected chi connectivity index (χ1v) is 10.5. The lowest BCUT2D eigenvalue weighted by Gasteiger charge is -2.16. The number of nitrogens with zero attached hydrogens (tertiary/aromatic N) is 1. The molecule has 1 saturated heterocycles. The zero-order valence-corrected chi connectivity index (χ0v) is 15.4. The fourth-order valence-corrected chi connectivity index (χ4v) is 5.67. The highest BCUT2D eigenvalue weighted by Gasteiger charge is 2.31. The molecule has 1 aliphatic rings. The lowest BCUT2D eigenvalue weighted by molar-refractivity contribution is 0.0952. The summed E-state index contributed by atoms with van der Waals surface area (Å²) in [7, 11) is -3.61. The summed E-state index contributed by atoms with van der Waals surface area (Å²) in [6.45, 7) is 1.26. The van der Waals surface area contributed by atoms with Crippen molar-refractivity contribution in [2.45, 2.75) is 23.8 Å². The molecule has 1 aromatic carbocycles. The smallest absolute Gasteiger partial charge is 0.262 e. The molecule has 0 spiro atoms. The number of carbonyl (C=O) groups is 1. The summed E-state index contributed by atoms with van der Waals surface area (Å²) < 4.78 is 26.9. The number of thiophene rings is 1. The number of nitrogens with one attached hydrogen (secondary N) is 1. The van der Waals surface area contributed by atoms with Gasteiger partial charge in [0.05, 0.1) is 0 Å². The van der Waals surface area contributed by atoms with Crippen molar-refractivity contribution in [2.24, 2.45) is 5.73 Å². The molecule has 0 radical (unpaired) electrons. The second-order valence-corrected chi connectivity index (χ2v) is 8.77. The van der Waals surface area contributed by atoms with Crippen LogP contribution >= 0.6 is 11.3 Å². The molecule has 1 atom stereocenters. The summed E-state index contributed by atoms with van der Waals surface area (Å²) in [5.74, 6) is -0.404. The van der Waals surface area contributed by atoms with Crippen molar-refractivity contribution in [3.05, 3.63) is 52.2 Å². The monoisotopic (exact) mass is 379 g/mol. The van der Waals surface area contributed by atoms with Gasteiger partial charge in [-0.05, 0) is 29.9 Å². The number of rotatable bonds is 6. The number of carbonyl (C=O) groups excluding carboxylic acids is 1. The Morgan fingerprint density at radius 3 is 2.56 bits per heavy atom. The minimum atomic E-state index is -3.61. The highest BCUT2D eigenvalue weighted by atomic mass is 32.2. The largest absolute Gasteiger partial charge is 0.349 e. The van der Waals surface area contributed by atoms with Crippen LogP contribution in [0.5, 0.6) is 0 Å². The number of hydrogen-bond donors (Lipinski definition) is 2. The number of nitrogens with two attached hydrogens (primary N) is 1. The minimum Gasteiger partial charge on any atom is -0.349 e. The maximum Gasteiger partial charge on any atom is 0.262 e. The van der Waals surface area contributed by atoms with E-state index in [1.807, 2.05) is 30.3 Å². The Bertz CT molecular complexity index is 828. The van der Waals surface area contributed by atoms with Gasteiger partial charge in [-0.15, -0.1) is 11.3 Å². The molecular weight excluding hydrogens is 358 g/mol. The van der Waals surface area contributed by atoms with Gasteiger partial charge in [0, 0.05) is 25.7 Å². The van der Waals surface area contributed by atoms with Crippen LogP contribution in [-0.2, 0) is 10.0 Å². The van der Waals surface area contributed by atoms with E-state index in [-0.39, 0.29) is 22.4 Å². The number of benzene rings is 1. The SMILES string of the molecule is NC(CNC(=O)c1sccc1S(=O)(=O)N1CCCC1)c1ccccc1. The standard InChI is InChI=1S/C17H21N3O3S2/c18-14(13-6-2-1-3-7-13)12-19-17(21)16-15(8-11-24-16)25(22,23)20-9-4-5-10-20/h1-3,6-8,11,14H,4-5,9-10,12,18H2,(H,19,21). The van der Waals surface area contributed by atoms with Crippen molar-refractivity contribution in [1.29, 1.82) is 0 Å². The van der Waals surface area contributed by atoms with E-state index in [4.69, 9.17) is 5.73 Å². The molecule has 3 N–H and O–H groups in total. The lowest BCUT2D eigenvalue weighted by Crippen LogP contribution is -2.33. The molecule has 1 unspecified atom stereocenters. The lowest BCUT2D eigenvalue weighted by atomic mass is 10.1. The van der Waals surface area contributed by atoms with E-state index in [2.05, 4.69) is 5.32 Å². The molecule has 6 nitrogen and oxygen atoms in total. The van der Waals surface area contributed by atoms with Gasteiger partial charge in [0.25, 0.3) is 5.91 Å². The first-order valence-electron chi connectivity index (χ1n) is 8.16. The van der Waals surface area contributed by atoms with Crippen LogP contribution in [0.1, 0.15) is 34.1 Å². The Labute approximate surface area is 151 Å². The normalized spacial score (nSPS) is 16.7. The van der Waals surface area contributed by atoms with Crippen LogP contribution in [0.15, 0.2) is 46.7 Å². The predicted molar refractivity (Wildman–Crippen MR) is 98.0 cm³/mol. The predicted octanol–water partition coefficient (Wildman–Crippen LogP) is 1.96. The second-order valence-electron chi connectivity index (χ2n) is 5.95. The summed E-state index contributed by atoms with van der Waals surface area (Å²) in [6.07, 6.45) is 1.72. The van der Waals surface area contributed by atoms with Gasteiger partial charge in [-0.2, -0.15) is 4.31 Å². The molecular formula is C17H21N3O3S2. The quantitative estimate of drug-likeness (QED) is 0.802. The molecule has 0 bridgehead atoms. The molecule has 134 valence electrons. The average Bonchev–Trinajstić information content (AvgIpc) is 3.31. The third-order valence-electron chi connectivity index (χ3n) is 4.23. The molecule has 3 rings (SSSR count). The third-order valence-corrected chi connectivity index (χ3v) is 7.21. The molecule has 25 heavy (non-hydrogen) atoms. The summed E-state index contributed by atoms with van der Waals surface area (Å²) in [5, 5.41) is 4.38. The molecule has 1 fully saturated rings. The maximum atomic E-state index is 12.7. The van der Waals surface area contributed by atoms with Gasteiger partial charge in [-0.25, -0.2) is 8.42 Å². The van der Waals surface area contributed by atoms with E-state index in [9.17, 15) is 13.2 Å². The number of hydrogen-bond acceptors (Lipinski definition) is 5. The third kappa shape index (κ3) is 3.92. The maximum absolute atomic E-state index is 12.7. The topological polar surface area (TPSA) is 92.5 Å². The van der Waals surface area contributed by atoms with Crippen LogP contribution in [0.2, 0.25) is 0 Å². The van der Waals surface area contributed by atoms with Crippen molar-refractivity contribution in [1.82, 2.24) is 9.62 Å². The van der Waals surface area contributed by atoms with E-state index in [0.29, 0.717) is 13.1 Å². The fraction of sp³-hybridized carbons (Fsp3) is 0.353. The van der Waals surface area contributed by atoms with Crippen molar-refractivity contribution in [3.63, 3.8) is 0 Å². The first kappa shape index (κ1) is 18.1. The minimum absolute atomic E-state index is 0.0881. The fourth-order valence-electron chi connectivity index (χ4n) is 2.83. The summed E-state index contributed by atoms with van der Waals surface area (Å²) in [4.78, 5) is 12.8. The molecule has 0 saturated carbocycles. The van der Waals surface area contributed by atoms with Crippen molar-refractivity contribution < 1.29 is 13.2 Å². The van der Waals surface area contributed by atoms with E-state index < -0.39 is 15.9 Å².